The molecule has 108 valence electrons. The molecule has 2 rings (SSSR count). The van der Waals surface area contributed by atoms with Gasteiger partial charge in [0.1, 0.15) is 0 Å². The van der Waals surface area contributed by atoms with Crippen molar-refractivity contribution in [1.82, 2.24) is 10.0 Å². The van der Waals surface area contributed by atoms with E-state index in [0.29, 0.717) is 10.9 Å². The van der Waals surface area contributed by atoms with E-state index in [9.17, 15) is 8.42 Å². The maximum absolute atomic E-state index is 12.1. The van der Waals surface area contributed by atoms with E-state index in [2.05, 4.69) is 10.0 Å². The summed E-state index contributed by atoms with van der Waals surface area (Å²) in [6.45, 7) is 2.65. The van der Waals surface area contributed by atoms with Crippen molar-refractivity contribution in [3.63, 3.8) is 0 Å². The van der Waals surface area contributed by atoms with Crippen LogP contribution in [0.1, 0.15) is 24.6 Å². The Bertz CT molecular complexity index is 509. The summed E-state index contributed by atoms with van der Waals surface area (Å²) >= 11 is 3.13. The quantitative estimate of drug-likeness (QED) is 0.769. The van der Waals surface area contributed by atoms with Crippen LogP contribution < -0.4 is 10.0 Å². The zero-order chi connectivity index (χ0) is 13.9. The normalized spacial score (nSPS) is 17.6. The Morgan fingerprint density at radius 3 is 2.89 bits per heavy atom. The number of rotatable bonds is 8. The van der Waals surface area contributed by atoms with E-state index in [4.69, 9.17) is 0 Å². The first-order valence-electron chi connectivity index (χ1n) is 6.33. The molecule has 1 saturated carbocycles. The number of nitrogens with one attached hydrogen (secondary N) is 2. The molecule has 0 spiro atoms. The first-order chi connectivity index (χ1) is 9.01. The molecule has 1 fully saturated rings. The van der Waals surface area contributed by atoms with E-state index in [0.717, 1.165) is 17.2 Å². The molecular formula is C12H20N2O2S3. The van der Waals surface area contributed by atoms with Crippen LogP contribution in [-0.4, -0.2) is 32.5 Å². The predicted molar refractivity (Wildman–Crippen MR) is 82.3 cm³/mol. The van der Waals surface area contributed by atoms with Gasteiger partial charge in [-0.15, -0.1) is 11.3 Å². The number of hydrogen-bond donors (Lipinski definition) is 2. The van der Waals surface area contributed by atoms with Crippen LogP contribution in [0, 0.1) is 0 Å². The van der Waals surface area contributed by atoms with Gasteiger partial charge in [-0.1, -0.05) is 0 Å². The van der Waals surface area contributed by atoms with Crippen molar-refractivity contribution in [2.75, 3.05) is 12.0 Å². The molecule has 19 heavy (non-hydrogen) atoms. The molecular weight excluding hydrogens is 300 g/mol. The lowest BCUT2D eigenvalue weighted by Crippen LogP contribution is -2.34. The fourth-order valence-electron chi connectivity index (χ4n) is 1.74. The van der Waals surface area contributed by atoms with Crippen LogP contribution >= 0.6 is 23.1 Å². The van der Waals surface area contributed by atoms with E-state index in [-0.39, 0.29) is 6.04 Å². The van der Waals surface area contributed by atoms with Crippen molar-refractivity contribution < 1.29 is 8.42 Å². The highest BCUT2D eigenvalue weighted by molar-refractivity contribution is 7.98. The average molecular weight is 321 g/mol. The van der Waals surface area contributed by atoms with Gasteiger partial charge in [-0.05, 0) is 32.1 Å². The van der Waals surface area contributed by atoms with E-state index in [1.807, 2.05) is 13.2 Å². The Morgan fingerprint density at radius 1 is 1.53 bits per heavy atom. The van der Waals surface area contributed by atoms with Crippen molar-refractivity contribution >= 4 is 33.1 Å². The summed E-state index contributed by atoms with van der Waals surface area (Å²) in [6, 6.07) is 2.36. The molecule has 7 heteroatoms. The van der Waals surface area contributed by atoms with Gasteiger partial charge in [-0.25, -0.2) is 13.1 Å². The summed E-state index contributed by atoms with van der Waals surface area (Å²) < 4.78 is 27.0. The zero-order valence-electron chi connectivity index (χ0n) is 11.2. The molecule has 1 heterocycles. The minimum Gasteiger partial charge on any atom is -0.309 e. The molecule has 1 aliphatic rings. The van der Waals surface area contributed by atoms with Gasteiger partial charge in [0.2, 0.25) is 10.0 Å². The van der Waals surface area contributed by atoms with Crippen molar-refractivity contribution in [3.05, 3.63) is 16.3 Å². The van der Waals surface area contributed by atoms with Crippen LogP contribution in [0.3, 0.4) is 0 Å². The second kappa shape index (κ2) is 6.58. The highest BCUT2D eigenvalue weighted by atomic mass is 32.2. The third kappa shape index (κ3) is 4.75. The smallest absolute Gasteiger partial charge is 0.241 e. The molecule has 1 atom stereocenters. The molecule has 4 nitrogen and oxygen atoms in total. The molecule has 2 N–H and O–H groups in total. The maximum Gasteiger partial charge on any atom is 0.241 e. The highest BCUT2D eigenvalue weighted by Crippen LogP contribution is 2.23. The zero-order valence-corrected chi connectivity index (χ0v) is 13.6. The fraction of sp³-hybridized carbons (Fsp3) is 0.667. The molecule has 0 bridgehead atoms. The second-order valence-corrected chi connectivity index (χ2v) is 8.50. The third-order valence-corrected chi connectivity index (χ3v) is 6.34. The summed E-state index contributed by atoms with van der Waals surface area (Å²) in [5.41, 5.74) is 0. The minimum absolute atomic E-state index is 0.0482. The number of thioether (sulfide) groups is 1. The lowest BCUT2D eigenvalue weighted by molar-refractivity contribution is 0.571. The van der Waals surface area contributed by atoms with Crippen molar-refractivity contribution in [1.29, 1.82) is 0 Å². The number of hydrogen-bond acceptors (Lipinski definition) is 5. The van der Waals surface area contributed by atoms with Gasteiger partial charge in [0, 0.05) is 34.6 Å². The summed E-state index contributed by atoms with van der Waals surface area (Å²) in [7, 11) is -3.36. The van der Waals surface area contributed by atoms with Gasteiger partial charge >= 0.3 is 0 Å². The van der Waals surface area contributed by atoms with Crippen LogP contribution in [0.15, 0.2) is 16.3 Å². The van der Waals surface area contributed by atoms with Crippen LogP contribution in [0.5, 0.6) is 0 Å². The second-order valence-electron chi connectivity index (χ2n) is 4.88. The van der Waals surface area contributed by atoms with Gasteiger partial charge in [0.05, 0.1) is 4.90 Å². The van der Waals surface area contributed by atoms with E-state index in [1.54, 1.807) is 23.2 Å². The summed E-state index contributed by atoms with van der Waals surface area (Å²) in [6.07, 6.45) is 4.45. The first-order valence-corrected chi connectivity index (χ1v) is 10.1. The summed E-state index contributed by atoms with van der Waals surface area (Å²) in [5, 5.41) is 5.11. The molecule has 0 aliphatic heterocycles. The molecule has 0 saturated heterocycles. The lowest BCUT2D eigenvalue weighted by Gasteiger charge is -2.11. The van der Waals surface area contributed by atoms with E-state index in [1.165, 1.54) is 24.2 Å². The van der Waals surface area contributed by atoms with Crippen molar-refractivity contribution in [2.45, 2.75) is 43.3 Å². The van der Waals surface area contributed by atoms with Crippen molar-refractivity contribution in [3.8, 4) is 0 Å². The van der Waals surface area contributed by atoms with Gasteiger partial charge in [-0.3, -0.25) is 0 Å². The monoisotopic (exact) mass is 320 g/mol. The Morgan fingerprint density at radius 2 is 2.26 bits per heavy atom. The van der Waals surface area contributed by atoms with Gasteiger partial charge in [0.15, 0.2) is 0 Å². The molecule has 0 radical (unpaired) electrons. The third-order valence-electron chi connectivity index (χ3n) is 2.86. The van der Waals surface area contributed by atoms with Gasteiger partial charge in [-0.2, -0.15) is 11.8 Å². The molecule has 1 unspecified atom stereocenters. The topological polar surface area (TPSA) is 58.2 Å². The van der Waals surface area contributed by atoms with Crippen LogP contribution in [0.25, 0.3) is 0 Å². The highest BCUT2D eigenvalue weighted by Gasteiger charge is 2.22. The largest absolute Gasteiger partial charge is 0.309 e. The summed E-state index contributed by atoms with van der Waals surface area (Å²) in [5.74, 6) is 0.777. The predicted octanol–water partition coefficient (Wildman–Crippen LogP) is 2.03. The first kappa shape index (κ1) is 15.3. The van der Waals surface area contributed by atoms with Crippen LogP contribution in [-0.2, 0) is 16.6 Å². The number of sulfonamides is 1. The molecule has 0 aromatic carbocycles. The molecule has 1 aromatic heterocycles. The molecule has 1 aromatic rings. The van der Waals surface area contributed by atoms with Crippen LogP contribution in [0.4, 0.5) is 0 Å². The molecule has 1 aliphatic carbocycles. The Labute approximate surface area is 123 Å². The Balaban J connectivity index is 1.95. The minimum atomic E-state index is -3.36. The van der Waals surface area contributed by atoms with Crippen LogP contribution in [0.2, 0.25) is 0 Å². The standard InChI is InChI=1S/C12H20N2O2S3/c1-9(7-17-2)14-19(15,16)12-5-11(18-8-12)6-13-10-3-4-10/h5,8-10,13-14H,3-4,6-7H2,1-2H3. The van der Waals surface area contributed by atoms with Gasteiger partial charge in [0.25, 0.3) is 0 Å². The Kier molecular flexibility index (Phi) is 5.30. The maximum atomic E-state index is 12.1. The van der Waals surface area contributed by atoms with Crippen molar-refractivity contribution in [2.24, 2.45) is 0 Å². The number of thiophene rings is 1. The SMILES string of the molecule is CSCC(C)NS(=O)(=O)c1csc(CNC2CC2)c1. The van der Waals surface area contributed by atoms with E-state index >= 15 is 0 Å². The fourth-order valence-corrected chi connectivity index (χ4v) is 4.90. The lowest BCUT2D eigenvalue weighted by atomic mass is 10.4. The van der Waals surface area contributed by atoms with E-state index < -0.39 is 10.0 Å². The summed E-state index contributed by atoms with van der Waals surface area (Å²) in [4.78, 5) is 1.46. The average Bonchev–Trinajstić information content (AvgIpc) is 3.02. The molecule has 0 amide bonds. The van der Waals surface area contributed by atoms with Gasteiger partial charge < -0.3 is 5.32 Å². The Hall–Kier alpha value is -0.0800.